The summed E-state index contributed by atoms with van der Waals surface area (Å²) in [7, 11) is 0. The van der Waals surface area contributed by atoms with Crippen molar-refractivity contribution in [2.75, 3.05) is 13.2 Å². The van der Waals surface area contributed by atoms with Crippen LogP contribution in [0.5, 0.6) is 0 Å². The van der Waals surface area contributed by atoms with Crippen LogP contribution >= 0.6 is 0 Å². The summed E-state index contributed by atoms with van der Waals surface area (Å²) in [5, 5.41) is 3.54. The molecule has 0 aliphatic carbocycles. The van der Waals surface area contributed by atoms with Crippen molar-refractivity contribution in [1.29, 1.82) is 0 Å². The third-order valence-corrected chi connectivity index (χ3v) is 2.94. The Morgan fingerprint density at radius 3 is 2.71 bits per heavy atom. The van der Waals surface area contributed by atoms with E-state index in [-0.39, 0.29) is 0 Å². The van der Waals surface area contributed by atoms with Gasteiger partial charge in [0.2, 0.25) is 0 Å². The largest absolute Gasteiger partial charge is 0.377 e. The van der Waals surface area contributed by atoms with Crippen LogP contribution in [0.4, 0.5) is 0 Å². The second-order valence-electron chi connectivity index (χ2n) is 4.33. The SMILES string of the molecule is CCCCOC1CNC(CCCC)C1. The molecule has 1 aliphatic heterocycles. The second kappa shape index (κ2) is 7.24. The molecule has 0 aromatic heterocycles. The summed E-state index contributed by atoms with van der Waals surface area (Å²) in [6.45, 7) is 6.48. The smallest absolute Gasteiger partial charge is 0.0714 e. The molecule has 0 aromatic carbocycles. The maximum atomic E-state index is 5.79. The Labute approximate surface area is 88.4 Å². The van der Waals surface area contributed by atoms with Crippen LogP contribution in [-0.4, -0.2) is 25.3 Å². The Kier molecular flexibility index (Phi) is 6.20. The fourth-order valence-electron chi connectivity index (χ4n) is 1.97. The molecule has 1 aliphatic rings. The predicted molar refractivity (Wildman–Crippen MR) is 60.6 cm³/mol. The predicted octanol–water partition coefficient (Wildman–Crippen LogP) is 2.72. The fraction of sp³-hybridized carbons (Fsp3) is 1.00. The maximum Gasteiger partial charge on any atom is 0.0714 e. The van der Waals surface area contributed by atoms with Crippen LogP contribution in [0.1, 0.15) is 52.4 Å². The summed E-state index contributed by atoms with van der Waals surface area (Å²) in [4.78, 5) is 0. The van der Waals surface area contributed by atoms with E-state index in [1.807, 2.05) is 0 Å². The Morgan fingerprint density at radius 2 is 2.00 bits per heavy atom. The van der Waals surface area contributed by atoms with Crippen LogP contribution in [0.15, 0.2) is 0 Å². The first-order valence-corrected chi connectivity index (χ1v) is 6.21. The molecule has 2 unspecified atom stereocenters. The Balaban J connectivity index is 2.02. The van der Waals surface area contributed by atoms with Crippen LogP contribution in [0, 0.1) is 0 Å². The van der Waals surface area contributed by atoms with E-state index in [4.69, 9.17) is 4.74 Å². The highest BCUT2D eigenvalue weighted by molar-refractivity contribution is 4.81. The van der Waals surface area contributed by atoms with Gasteiger partial charge < -0.3 is 10.1 Å². The molecule has 0 spiro atoms. The van der Waals surface area contributed by atoms with E-state index in [1.165, 1.54) is 38.5 Å². The summed E-state index contributed by atoms with van der Waals surface area (Å²) in [5.41, 5.74) is 0. The van der Waals surface area contributed by atoms with Gasteiger partial charge in [0, 0.05) is 19.2 Å². The van der Waals surface area contributed by atoms with Gasteiger partial charge in [-0.3, -0.25) is 0 Å². The van der Waals surface area contributed by atoms with Gasteiger partial charge in [-0.1, -0.05) is 33.1 Å². The molecule has 2 heteroatoms. The molecule has 1 heterocycles. The van der Waals surface area contributed by atoms with Gasteiger partial charge in [-0.05, 0) is 19.3 Å². The van der Waals surface area contributed by atoms with Crippen molar-refractivity contribution in [2.24, 2.45) is 0 Å². The first-order valence-electron chi connectivity index (χ1n) is 6.21. The molecule has 14 heavy (non-hydrogen) atoms. The highest BCUT2D eigenvalue weighted by Crippen LogP contribution is 2.15. The molecule has 84 valence electrons. The maximum absolute atomic E-state index is 5.79. The quantitative estimate of drug-likeness (QED) is 0.637. The average Bonchev–Trinajstić information content (AvgIpc) is 2.63. The van der Waals surface area contributed by atoms with Crippen molar-refractivity contribution in [1.82, 2.24) is 5.32 Å². The van der Waals surface area contributed by atoms with E-state index >= 15 is 0 Å². The van der Waals surface area contributed by atoms with Crippen molar-refractivity contribution in [3.63, 3.8) is 0 Å². The van der Waals surface area contributed by atoms with Gasteiger partial charge in [0.05, 0.1) is 6.10 Å². The molecule has 0 radical (unpaired) electrons. The normalized spacial score (nSPS) is 27.0. The number of rotatable bonds is 7. The van der Waals surface area contributed by atoms with Crippen molar-refractivity contribution in [3.8, 4) is 0 Å². The van der Waals surface area contributed by atoms with E-state index in [0.717, 1.165) is 19.2 Å². The highest BCUT2D eigenvalue weighted by atomic mass is 16.5. The van der Waals surface area contributed by atoms with Crippen LogP contribution in [-0.2, 0) is 4.74 Å². The van der Waals surface area contributed by atoms with Gasteiger partial charge in [-0.25, -0.2) is 0 Å². The molecule has 0 aromatic rings. The zero-order chi connectivity index (χ0) is 10.2. The standard InChI is InChI=1S/C12H25NO/c1-3-5-7-11-9-12(10-13-11)14-8-6-4-2/h11-13H,3-10H2,1-2H3. The summed E-state index contributed by atoms with van der Waals surface area (Å²) in [6, 6.07) is 0.724. The van der Waals surface area contributed by atoms with Crippen molar-refractivity contribution >= 4 is 0 Å². The fourth-order valence-corrected chi connectivity index (χ4v) is 1.97. The highest BCUT2D eigenvalue weighted by Gasteiger charge is 2.23. The number of ether oxygens (including phenoxy) is 1. The molecule has 1 rings (SSSR count). The lowest BCUT2D eigenvalue weighted by atomic mass is 10.1. The molecule has 1 N–H and O–H groups in total. The van der Waals surface area contributed by atoms with E-state index in [9.17, 15) is 0 Å². The molecular weight excluding hydrogens is 174 g/mol. The Bertz CT molecular complexity index is 138. The zero-order valence-corrected chi connectivity index (χ0v) is 9.72. The summed E-state index contributed by atoms with van der Waals surface area (Å²) < 4.78 is 5.79. The van der Waals surface area contributed by atoms with Gasteiger partial charge in [-0.2, -0.15) is 0 Å². The van der Waals surface area contributed by atoms with Gasteiger partial charge in [0.15, 0.2) is 0 Å². The number of hydrogen-bond acceptors (Lipinski definition) is 2. The lowest BCUT2D eigenvalue weighted by molar-refractivity contribution is 0.0632. The summed E-state index contributed by atoms with van der Waals surface area (Å²) >= 11 is 0. The summed E-state index contributed by atoms with van der Waals surface area (Å²) in [5.74, 6) is 0. The minimum atomic E-state index is 0.489. The van der Waals surface area contributed by atoms with E-state index in [0.29, 0.717) is 6.10 Å². The van der Waals surface area contributed by atoms with Crippen molar-refractivity contribution in [3.05, 3.63) is 0 Å². The van der Waals surface area contributed by atoms with Crippen LogP contribution < -0.4 is 5.32 Å². The van der Waals surface area contributed by atoms with Crippen molar-refractivity contribution < 1.29 is 4.74 Å². The number of nitrogens with one attached hydrogen (secondary N) is 1. The summed E-state index contributed by atoms with van der Waals surface area (Å²) in [6.07, 6.45) is 8.13. The number of hydrogen-bond donors (Lipinski definition) is 1. The molecule has 0 saturated carbocycles. The van der Waals surface area contributed by atoms with Crippen LogP contribution in [0.3, 0.4) is 0 Å². The zero-order valence-electron chi connectivity index (χ0n) is 9.72. The monoisotopic (exact) mass is 199 g/mol. The second-order valence-corrected chi connectivity index (χ2v) is 4.33. The average molecular weight is 199 g/mol. The van der Waals surface area contributed by atoms with Gasteiger partial charge in [-0.15, -0.1) is 0 Å². The molecule has 1 saturated heterocycles. The molecule has 2 atom stereocenters. The van der Waals surface area contributed by atoms with Crippen LogP contribution in [0.25, 0.3) is 0 Å². The van der Waals surface area contributed by atoms with Crippen molar-refractivity contribution in [2.45, 2.75) is 64.5 Å². The van der Waals surface area contributed by atoms with Gasteiger partial charge in [0.25, 0.3) is 0 Å². The van der Waals surface area contributed by atoms with Gasteiger partial charge in [0.1, 0.15) is 0 Å². The Hall–Kier alpha value is -0.0800. The van der Waals surface area contributed by atoms with Crippen LogP contribution in [0.2, 0.25) is 0 Å². The van der Waals surface area contributed by atoms with E-state index < -0.39 is 0 Å². The van der Waals surface area contributed by atoms with Gasteiger partial charge >= 0.3 is 0 Å². The lowest BCUT2D eigenvalue weighted by Gasteiger charge is -2.10. The Morgan fingerprint density at radius 1 is 1.21 bits per heavy atom. The first kappa shape index (κ1) is 12.0. The molecule has 0 bridgehead atoms. The lowest BCUT2D eigenvalue weighted by Crippen LogP contribution is -2.21. The molecule has 0 amide bonds. The third-order valence-electron chi connectivity index (χ3n) is 2.94. The first-order chi connectivity index (χ1) is 6.86. The topological polar surface area (TPSA) is 21.3 Å². The molecule has 2 nitrogen and oxygen atoms in total. The minimum absolute atomic E-state index is 0.489. The molecular formula is C12H25NO. The van der Waals surface area contributed by atoms with E-state index in [2.05, 4.69) is 19.2 Å². The third kappa shape index (κ3) is 4.43. The minimum Gasteiger partial charge on any atom is -0.377 e. The van der Waals surface area contributed by atoms with E-state index in [1.54, 1.807) is 0 Å². The molecule has 1 fully saturated rings. The number of unbranched alkanes of at least 4 members (excludes halogenated alkanes) is 2.